The minimum absolute atomic E-state index is 0.107. The lowest BCUT2D eigenvalue weighted by Crippen LogP contribution is -2.36. The second-order valence-electron chi connectivity index (χ2n) is 7.34. The minimum atomic E-state index is -0.480. The van der Waals surface area contributed by atoms with Gasteiger partial charge in [0.1, 0.15) is 5.52 Å². The third kappa shape index (κ3) is 3.57. The van der Waals surface area contributed by atoms with Gasteiger partial charge in [0.2, 0.25) is 0 Å². The lowest BCUT2D eigenvalue weighted by molar-refractivity contribution is -0.383. The van der Waals surface area contributed by atoms with E-state index in [9.17, 15) is 14.9 Å². The van der Waals surface area contributed by atoms with Gasteiger partial charge in [-0.2, -0.15) is 5.10 Å². The van der Waals surface area contributed by atoms with Crippen LogP contribution in [0.3, 0.4) is 0 Å². The summed E-state index contributed by atoms with van der Waals surface area (Å²) in [7, 11) is 0. The molecule has 1 aliphatic heterocycles. The summed E-state index contributed by atoms with van der Waals surface area (Å²) in [6.45, 7) is 1.02. The van der Waals surface area contributed by atoms with Gasteiger partial charge in [-0.15, -0.1) is 0 Å². The second kappa shape index (κ2) is 7.59. The molecular weight excluding hydrogens is 462 g/mol. The summed E-state index contributed by atoms with van der Waals surface area (Å²) >= 11 is 3.25. The fourth-order valence-electron chi connectivity index (χ4n) is 3.88. The van der Waals surface area contributed by atoms with Gasteiger partial charge >= 0.3 is 0 Å². The number of nitrogens with zero attached hydrogens (tertiary/aromatic N) is 5. The van der Waals surface area contributed by atoms with E-state index in [-0.39, 0.29) is 22.8 Å². The number of hydrogen-bond acceptors (Lipinski definition) is 5. The van der Waals surface area contributed by atoms with E-state index < -0.39 is 4.92 Å². The highest BCUT2D eigenvalue weighted by Gasteiger charge is 2.26. The Labute approximate surface area is 185 Å². The molecule has 0 unspecified atom stereocenters. The van der Waals surface area contributed by atoms with Crippen LogP contribution in [-0.2, 0) is 13.0 Å². The molecule has 4 heterocycles. The Morgan fingerprint density at radius 3 is 2.77 bits per heavy atom. The van der Waals surface area contributed by atoms with Crippen LogP contribution in [0.4, 0.5) is 5.69 Å². The Morgan fingerprint density at radius 2 is 2.00 bits per heavy atom. The summed E-state index contributed by atoms with van der Waals surface area (Å²) in [4.78, 5) is 30.2. The SMILES string of the molecule is O=C(c1cc2c([N+](=O)[O-])cc(Br)cn2n1)N1CCc2ccc(-c3ccccn3)cc2C1. The number of carbonyl (C=O) groups excluding carboxylic acids is 1. The third-order valence-corrected chi connectivity index (χ3v) is 5.83. The van der Waals surface area contributed by atoms with Gasteiger partial charge in [-0.05, 0) is 51.7 Å². The molecule has 9 heteroatoms. The topological polar surface area (TPSA) is 93.6 Å². The Morgan fingerprint density at radius 1 is 1.13 bits per heavy atom. The Bertz CT molecular complexity index is 1340. The zero-order valence-electron chi connectivity index (χ0n) is 16.2. The normalized spacial score (nSPS) is 13.3. The van der Waals surface area contributed by atoms with E-state index in [1.54, 1.807) is 17.3 Å². The van der Waals surface area contributed by atoms with Crippen LogP contribution in [0.25, 0.3) is 16.8 Å². The van der Waals surface area contributed by atoms with Crippen molar-refractivity contribution in [1.82, 2.24) is 19.5 Å². The maximum absolute atomic E-state index is 13.2. The highest BCUT2D eigenvalue weighted by molar-refractivity contribution is 9.10. The molecule has 0 fully saturated rings. The van der Waals surface area contributed by atoms with Crippen molar-refractivity contribution in [2.45, 2.75) is 13.0 Å². The van der Waals surface area contributed by atoms with Gasteiger partial charge in [-0.25, -0.2) is 4.52 Å². The summed E-state index contributed by atoms with van der Waals surface area (Å²) in [6.07, 6.45) is 4.10. The molecule has 5 rings (SSSR count). The first kappa shape index (κ1) is 19.4. The first-order valence-electron chi connectivity index (χ1n) is 9.65. The van der Waals surface area contributed by atoms with Crippen LogP contribution < -0.4 is 0 Å². The maximum atomic E-state index is 13.2. The van der Waals surface area contributed by atoms with Crippen LogP contribution in [0.2, 0.25) is 0 Å². The summed E-state index contributed by atoms with van der Waals surface area (Å²) in [5.41, 5.74) is 4.52. The number of nitro groups is 1. The van der Waals surface area contributed by atoms with E-state index in [4.69, 9.17) is 0 Å². The molecule has 0 radical (unpaired) electrons. The number of rotatable bonds is 3. The van der Waals surface area contributed by atoms with Crippen molar-refractivity contribution >= 4 is 33.0 Å². The highest BCUT2D eigenvalue weighted by atomic mass is 79.9. The quantitative estimate of drug-likeness (QED) is 0.324. The van der Waals surface area contributed by atoms with Gasteiger partial charge in [-0.1, -0.05) is 18.2 Å². The number of aromatic nitrogens is 3. The lowest BCUT2D eigenvalue weighted by atomic mass is 9.96. The van der Waals surface area contributed by atoms with Crippen molar-refractivity contribution in [1.29, 1.82) is 0 Å². The molecule has 0 saturated carbocycles. The predicted molar refractivity (Wildman–Crippen MR) is 118 cm³/mol. The molecule has 0 saturated heterocycles. The van der Waals surface area contributed by atoms with Gasteiger partial charge in [0.25, 0.3) is 11.6 Å². The average molecular weight is 478 g/mol. The van der Waals surface area contributed by atoms with Crippen LogP contribution in [0.5, 0.6) is 0 Å². The first-order valence-corrected chi connectivity index (χ1v) is 10.4. The van der Waals surface area contributed by atoms with E-state index in [0.717, 1.165) is 23.2 Å². The number of carbonyl (C=O) groups is 1. The van der Waals surface area contributed by atoms with Crippen LogP contribution in [0, 0.1) is 10.1 Å². The van der Waals surface area contributed by atoms with E-state index >= 15 is 0 Å². The summed E-state index contributed by atoms with van der Waals surface area (Å²) in [6, 6.07) is 14.9. The van der Waals surface area contributed by atoms with Crippen LogP contribution in [-0.4, -0.2) is 36.9 Å². The number of hydrogen-bond donors (Lipinski definition) is 0. The standard InChI is InChI=1S/C22H16BrN5O3/c23-17-10-21(28(30)31)20-11-19(25-27(20)13-17)22(29)26-8-6-14-4-5-15(9-16(14)12-26)18-3-1-2-7-24-18/h1-5,7,9-11,13H,6,8,12H2. The molecule has 1 aliphatic rings. The van der Waals surface area contributed by atoms with Crippen molar-refractivity contribution in [3.8, 4) is 11.3 Å². The third-order valence-electron chi connectivity index (χ3n) is 5.40. The predicted octanol–water partition coefficient (Wildman–Crippen LogP) is 4.27. The highest BCUT2D eigenvalue weighted by Crippen LogP contribution is 2.28. The maximum Gasteiger partial charge on any atom is 0.296 e. The molecule has 8 nitrogen and oxygen atoms in total. The van der Waals surface area contributed by atoms with E-state index in [1.165, 1.54) is 22.2 Å². The second-order valence-corrected chi connectivity index (χ2v) is 8.25. The molecule has 31 heavy (non-hydrogen) atoms. The summed E-state index contributed by atoms with van der Waals surface area (Å²) in [5.74, 6) is -0.247. The number of benzene rings is 1. The fraction of sp³-hybridized carbons (Fsp3) is 0.136. The molecule has 4 aromatic rings. The Hall–Kier alpha value is -3.59. The molecule has 0 N–H and O–H groups in total. The summed E-state index contributed by atoms with van der Waals surface area (Å²) < 4.78 is 1.88. The van der Waals surface area contributed by atoms with Crippen molar-refractivity contribution in [3.63, 3.8) is 0 Å². The van der Waals surface area contributed by atoms with Crippen molar-refractivity contribution in [3.05, 3.63) is 92.3 Å². The van der Waals surface area contributed by atoms with Gasteiger partial charge < -0.3 is 4.90 Å². The molecule has 154 valence electrons. The number of pyridine rings is 2. The van der Waals surface area contributed by atoms with E-state index in [0.29, 0.717) is 17.6 Å². The first-order chi connectivity index (χ1) is 15.0. The zero-order chi connectivity index (χ0) is 21.5. The molecule has 0 aliphatic carbocycles. The molecule has 1 aromatic carbocycles. The fourth-order valence-corrected chi connectivity index (χ4v) is 4.29. The van der Waals surface area contributed by atoms with Gasteiger partial charge in [0.05, 0.1) is 10.6 Å². The zero-order valence-corrected chi connectivity index (χ0v) is 17.8. The monoisotopic (exact) mass is 477 g/mol. The smallest absolute Gasteiger partial charge is 0.296 e. The van der Waals surface area contributed by atoms with Crippen LogP contribution in [0.1, 0.15) is 21.6 Å². The Balaban J connectivity index is 1.45. The lowest BCUT2D eigenvalue weighted by Gasteiger charge is -2.28. The largest absolute Gasteiger partial charge is 0.333 e. The van der Waals surface area contributed by atoms with E-state index in [2.05, 4.69) is 44.2 Å². The Kier molecular flexibility index (Phi) is 4.74. The number of fused-ring (bicyclic) bond motifs is 2. The molecular formula is C22H16BrN5O3. The number of amides is 1. The molecule has 0 bridgehead atoms. The average Bonchev–Trinajstić information content (AvgIpc) is 3.21. The van der Waals surface area contributed by atoms with Crippen LogP contribution in [0.15, 0.2) is 65.4 Å². The number of halogens is 1. The van der Waals surface area contributed by atoms with E-state index in [1.807, 2.05) is 18.2 Å². The van der Waals surface area contributed by atoms with Gasteiger partial charge in [-0.3, -0.25) is 19.9 Å². The van der Waals surface area contributed by atoms with Crippen molar-refractivity contribution in [2.75, 3.05) is 6.54 Å². The molecule has 1 amide bonds. The minimum Gasteiger partial charge on any atom is -0.333 e. The summed E-state index contributed by atoms with van der Waals surface area (Å²) in [5, 5.41) is 15.7. The van der Waals surface area contributed by atoms with Gasteiger partial charge in [0, 0.05) is 47.7 Å². The molecule has 3 aromatic heterocycles. The molecule has 0 spiro atoms. The van der Waals surface area contributed by atoms with Crippen molar-refractivity contribution < 1.29 is 9.72 Å². The van der Waals surface area contributed by atoms with Crippen LogP contribution >= 0.6 is 15.9 Å². The molecule has 0 atom stereocenters. The van der Waals surface area contributed by atoms with Crippen molar-refractivity contribution in [2.24, 2.45) is 0 Å². The van der Waals surface area contributed by atoms with Gasteiger partial charge in [0.15, 0.2) is 5.69 Å².